The minimum atomic E-state index is 0.433. The summed E-state index contributed by atoms with van der Waals surface area (Å²) in [6.45, 7) is 8.96. The standard InChI is InChI=1S/C19H21NO/c1-13(2)18-8-5-14(3)9-19(18)21-12-17-7-6-16(11-20)10-15(17)4/h5-10,13H,12H2,1-4H3. The predicted octanol–water partition coefficient (Wildman–Crippen LogP) is 4.88. The number of nitriles is 1. The Morgan fingerprint density at radius 1 is 1.10 bits per heavy atom. The van der Waals surface area contributed by atoms with Gasteiger partial charge in [-0.1, -0.05) is 32.0 Å². The first-order chi connectivity index (χ1) is 10.0. The van der Waals surface area contributed by atoms with E-state index in [0.29, 0.717) is 18.1 Å². The van der Waals surface area contributed by atoms with Crippen molar-refractivity contribution in [1.29, 1.82) is 5.26 Å². The maximum absolute atomic E-state index is 8.91. The first-order valence-electron chi connectivity index (χ1n) is 7.24. The lowest BCUT2D eigenvalue weighted by Crippen LogP contribution is -2.02. The van der Waals surface area contributed by atoms with Gasteiger partial charge in [-0.15, -0.1) is 0 Å². The summed E-state index contributed by atoms with van der Waals surface area (Å²) in [5, 5.41) is 8.91. The minimum Gasteiger partial charge on any atom is -0.489 e. The van der Waals surface area contributed by atoms with Crippen LogP contribution in [0.2, 0.25) is 0 Å². The van der Waals surface area contributed by atoms with E-state index < -0.39 is 0 Å². The van der Waals surface area contributed by atoms with Gasteiger partial charge < -0.3 is 4.74 Å². The van der Waals surface area contributed by atoms with Crippen molar-refractivity contribution in [1.82, 2.24) is 0 Å². The summed E-state index contributed by atoms with van der Waals surface area (Å²) in [5.74, 6) is 1.39. The van der Waals surface area contributed by atoms with Gasteiger partial charge in [0.25, 0.3) is 0 Å². The third kappa shape index (κ3) is 3.64. The van der Waals surface area contributed by atoms with Gasteiger partial charge in [0.2, 0.25) is 0 Å². The predicted molar refractivity (Wildman–Crippen MR) is 85.5 cm³/mol. The van der Waals surface area contributed by atoms with Crippen molar-refractivity contribution < 1.29 is 4.74 Å². The molecule has 0 aliphatic heterocycles. The second-order valence-electron chi connectivity index (χ2n) is 5.74. The number of benzene rings is 2. The minimum absolute atomic E-state index is 0.433. The van der Waals surface area contributed by atoms with Crippen LogP contribution in [0.3, 0.4) is 0 Å². The molecule has 108 valence electrons. The molecular formula is C19H21NO. The lowest BCUT2D eigenvalue weighted by atomic mass is 10.0. The van der Waals surface area contributed by atoms with Crippen LogP contribution in [0.25, 0.3) is 0 Å². The van der Waals surface area contributed by atoms with Crippen LogP contribution in [0.15, 0.2) is 36.4 Å². The topological polar surface area (TPSA) is 33.0 Å². The van der Waals surface area contributed by atoms with E-state index in [9.17, 15) is 0 Å². The zero-order valence-corrected chi connectivity index (χ0v) is 13.1. The Labute approximate surface area is 127 Å². The summed E-state index contributed by atoms with van der Waals surface area (Å²) in [5.41, 5.74) is 5.32. The van der Waals surface area contributed by atoms with Gasteiger partial charge >= 0.3 is 0 Å². The molecule has 0 amide bonds. The number of hydrogen-bond donors (Lipinski definition) is 0. The fourth-order valence-corrected chi connectivity index (χ4v) is 2.33. The van der Waals surface area contributed by atoms with Gasteiger partial charge in [0, 0.05) is 0 Å². The molecular weight excluding hydrogens is 258 g/mol. The van der Waals surface area contributed by atoms with E-state index in [1.807, 2.05) is 25.1 Å². The molecule has 0 aromatic heterocycles. The Balaban J connectivity index is 2.20. The van der Waals surface area contributed by atoms with E-state index in [2.05, 4.69) is 45.0 Å². The molecule has 0 aliphatic carbocycles. The fraction of sp³-hybridized carbons (Fsp3) is 0.316. The van der Waals surface area contributed by atoms with Gasteiger partial charge in [0.15, 0.2) is 0 Å². The highest BCUT2D eigenvalue weighted by atomic mass is 16.5. The second-order valence-corrected chi connectivity index (χ2v) is 5.74. The summed E-state index contributed by atoms with van der Waals surface area (Å²) < 4.78 is 6.04. The summed E-state index contributed by atoms with van der Waals surface area (Å²) in [7, 11) is 0. The first-order valence-corrected chi connectivity index (χ1v) is 7.24. The molecule has 0 saturated carbocycles. The van der Waals surface area contributed by atoms with Crippen molar-refractivity contribution in [3.63, 3.8) is 0 Å². The van der Waals surface area contributed by atoms with E-state index in [1.165, 1.54) is 11.1 Å². The second kappa shape index (κ2) is 6.45. The molecule has 0 bridgehead atoms. The van der Waals surface area contributed by atoms with Crippen LogP contribution >= 0.6 is 0 Å². The van der Waals surface area contributed by atoms with Crippen molar-refractivity contribution in [2.24, 2.45) is 0 Å². The number of hydrogen-bond acceptors (Lipinski definition) is 2. The Morgan fingerprint density at radius 2 is 1.86 bits per heavy atom. The van der Waals surface area contributed by atoms with Crippen LogP contribution < -0.4 is 4.74 Å². The molecule has 0 aliphatic rings. The van der Waals surface area contributed by atoms with Gasteiger partial charge in [-0.2, -0.15) is 5.26 Å². The Morgan fingerprint density at radius 3 is 2.48 bits per heavy atom. The van der Waals surface area contributed by atoms with Gasteiger partial charge in [-0.3, -0.25) is 0 Å². The molecule has 2 heteroatoms. The zero-order valence-electron chi connectivity index (χ0n) is 13.1. The lowest BCUT2D eigenvalue weighted by Gasteiger charge is -2.15. The van der Waals surface area contributed by atoms with E-state index in [-0.39, 0.29) is 0 Å². The van der Waals surface area contributed by atoms with Crippen molar-refractivity contribution in [2.75, 3.05) is 0 Å². The molecule has 0 heterocycles. The van der Waals surface area contributed by atoms with Crippen LogP contribution in [-0.2, 0) is 6.61 Å². The largest absolute Gasteiger partial charge is 0.489 e. The van der Waals surface area contributed by atoms with Crippen molar-refractivity contribution in [3.05, 3.63) is 64.2 Å². The summed E-state index contributed by atoms with van der Waals surface area (Å²) in [6, 6.07) is 14.2. The average Bonchev–Trinajstić information content (AvgIpc) is 2.45. The van der Waals surface area contributed by atoms with Crippen LogP contribution in [0.5, 0.6) is 5.75 Å². The molecule has 2 aromatic rings. The maximum atomic E-state index is 8.91. The molecule has 0 saturated heterocycles. The molecule has 2 rings (SSSR count). The maximum Gasteiger partial charge on any atom is 0.123 e. The van der Waals surface area contributed by atoms with E-state index in [1.54, 1.807) is 0 Å². The highest BCUT2D eigenvalue weighted by Gasteiger charge is 2.09. The highest BCUT2D eigenvalue weighted by molar-refractivity contribution is 5.40. The van der Waals surface area contributed by atoms with E-state index in [0.717, 1.165) is 16.9 Å². The van der Waals surface area contributed by atoms with Gasteiger partial charge in [-0.05, 0) is 60.2 Å². The zero-order chi connectivity index (χ0) is 15.4. The molecule has 2 nitrogen and oxygen atoms in total. The van der Waals surface area contributed by atoms with E-state index >= 15 is 0 Å². The summed E-state index contributed by atoms with van der Waals surface area (Å²) in [6.07, 6.45) is 0. The number of rotatable bonds is 4. The fourth-order valence-electron chi connectivity index (χ4n) is 2.33. The highest BCUT2D eigenvalue weighted by Crippen LogP contribution is 2.28. The third-order valence-corrected chi connectivity index (χ3v) is 3.65. The molecule has 2 aromatic carbocycles. The molecule has 0 spiro atoms. The average molecular weight is 279 g/mol. The summed E-state index contributed by atoms with van der Waals surface area (Å²) >= 11 is 0. The van der Waals surface area contributed by atoms with Crippen LogP contribution in [-0.4, -0.2) is 0 Å². The third-order valence-electron chi connectivity index (χ3n) is 3.65. The lowest BCUT2D eigenvalue weighted by molar-refractivity contribution is 0.301. The quantitative estimate of drug-likeness (QED) is 0.799. The number of nitrogens with zero attached hydrogens (tertiary/aromatic N) is 1. The summed E-state index contributed by atoms with van der Waals surface area (Å²) in [4.78, 5) is 0. The van der Waals surface area contributed by atoms with Crippen molar-refractivity contribution in [3.8, 4) is 11.8 Å². The molecule has 0 fully saturated rings. The van der Waals surface area contributed by atoms with Crippen LogP contribution in [0, 0.1) is 25.2 Å². The normalized spacial score (nSPS) is 10.5. The molecule has 21 heavy (non-hydrogen) atoms. The first kappa shape index (κ1) is 15.1. The van der Waals surface area contributed by atoms with Gasteiger partial charge in [0.05, 0.1) is 11.6 Å². The van der Waals surface area contributed by atoms with Gasteiger partial charge in [0.1, 0.15) is 12.4 Å². The molecule has 0 unspecified atom stereocenters. The monoisotopic (exact) mass is 279 g/mol. The van der Waals surface area contributed by atoms with Crippen molar-refractivity contribution >= 4 is 0 Å². The molecule has 0 radical (unpaired) electrons. The SMILES string of the molecule is Cc1ccc(C(C)C)c(OCc2ccc(C#N)cc2C)c1. The van der Waals surface area contributed by atoms with Crippen LogP contribution in [0.4, 0.5) is 0 Å². The number of ether oxygens (including phenoxy) is 1. The van der Waals surface area contributed by atoms with E-state index in [4.69, 9.17) is 10.00 Å². The Hall–Kier alpha value is -2.27. The van der Waals surface area contributed by atoms with Crippen molar-refractivity contribution in [2.45, 2.75) is 40.2 Å². The van der Waals surface area contributed by atoms with Crippen LogP contribution in [0.1, 0.15) is 47.6 Å². The smallest absolute Gasteiger partial charge is 0.123 e. The van der Waals surface area contributed by atoms with Gasteiger partial charge in [-0.25, -0.2) is 0 Å². The molecule has 0 N–H and O–H groups in total. The molecule has 0 atom stereocenters. The number of aryl methyl sites for hydroxylation is 2. The Bertz CT molecular complexity index is 680. The Kier molecular flexibility index (Phi) is 4.65.